The molecule has 0 bridgehead atoms. The van der Waals surface area contributed by atoms with E-state index in [1.807, 2.05) is 13.0 Å². The van der Waals surface area contributed by atoms with E-state index >= 15 is 0 Å². The Hall–Kier alpha value is -1.33. The summed E-state index contributed by atoms with van der Waals surface area (Å²) in [5.74, 6) is 0. The number of morpholine rings is 1. The SMILES string of the molecule is Cc1nc2cc(N3CC(C)OCC3C)c(N)cc2s1. The summed E-state index contributed by atoms with van der Waals surface area (Å²) in [6, 6.07) is 4.50. The predicted molar refractivity (Wildman–Crippen MR) is 81.0 cm³/mol. The summed E-state index contributed by atoms with van der Waals surface area (Å²) in [4.78, 5) is 6.89. The molecule has 1 saturated heterocycles. The third-order valence-corrected chi connectivity index (χ3v) is 4.49. The van der Waals surface area contributed by atoms with Crippen LogP contribution in [0.15, 0.2) is 12.1 Å². The van der Waals surface area contributed by atoms with Gasteiger partial charge in [-0.3, -0.25) is 0 Å². The molecule has 2 heterocycles. The summed E-state index contributed by atoms with van der Waals surface area (Å²) in [5, 5.41) is 1.08. The molecule has 1 fully saturated rings. The number of benzene rings is 1. The molecule has 0 amide bonds. The molecule has 0 spiro atoms. The van der Waals surface area contributed by atoms with E-state index in [1.54, 1.807) is 11.3 Å². The first kappa shape index (κ1) is 12.7. The highest BCUT2D eigenvalue weighted by Crippen LogP contribution is 2.34. The molecule has 3 rings (SSSR count). The van der Waals surface area contributed by atoms with E-state index in [-0.39, 0.29) is 6.10 Å². The fourth-order valence-corrected chi connectivity index (χ4v) is 3.44. The van der Waals surface area contributed by atoms with Gasteiger partial charge < -0.3 is 15.4 Å². The van der Waals surface area contributed by atoms with E-state index in [4.69, 9.17) is 10.5 Å². The van der Waals surface area contributed by atoms with Crippen molar-refractivity contribution < 1.29 is 4.74 Å². The number of aryl methyl sites for hydroxylation is 1. The topological polar surface area (TPSA) is 51.4 Å². The Morgan fingerprint density at radius 2 is 2.21 bits per heavy atom. The van der Waals surface area contributed by atoms with Crippen molar-refractivity contribution in [1.29, 1.82) is 0 Å². The van der Waals surface area contributed by atoms with Crippen molar-refractivity contribution in [3.8, 4) is 0 Å². The molecule has 5 heteroatoms. The van der Waals surface area contributed by atoms with Crippen molar-refractivity contribution in [3.63, 3.8) is 0 Å². The first-order valence-corrected chi connectivity index (χ1v) is 7.41. The highest BCUT2D eigenvalue weighted by molar-refractivity contribution is 7.18. The summed E-state index contributed by atoms with van der Waals surface area (Å²) in [7, 11) is 0. The first-order chi connectivity index (χ1) is 9.04. The van der Waals surface area contributed by atoms with Crippen LogP contribution in [-0.4, -0.2) is 30.3 Å². The van der Waals surface area contributed by atoms with Gasteiger partial charge in [0.2, 0.25) is 0 Å². The van der Waals surface area contributed by atoms with Gasteiger partial charge in [0.15, 0.2) is 0 Å². The van der Waals surface area contributed by atoms with Crippen LogP contribution >= 0.6 is 11.3 Å². The van der Waals surface area contributed by atoms with Crippen LogP contribution in [0.3, 0.4) is 0 Å². The summed E-state index contributed by atoms with van der Waals surface area (Å²) < 4.78 is 6.84. The Morgan fingerprint density at radius 1 is 1.42 bits per heavy atom. The lowest BCUT2D eigenvalue weighted by molar-refractivity contribution is 0.0344. The van der Waals surface area contributed by atoms with E-state index in [0.29, 0.717) is 6.04 Å². The van der Waals surface area contributed by atoms with Gasteiger partial charge >= 0.3 is 0 Å². The molecule has 0 radical (unpaired) electrons. The van der Waals surface area contributed by atoms with E-state index in [0.717, 1.165) is 39.8 Å². The molecule has 19 heavy (non-hydrogen) atoms. The van der Waals surface area contributed by atoms with E-state index in [9.17, 15) is 0 Å². The average molecular weight is 277 g/mol. The number of nitrogen functional groups attached to an aromatic ring is 1. The lowest BCUT2D eigenvalue weighted by atomic mass is 10.1. The van der Waals surface area contributed by atoms with Crippen LogP contribution in [0.1, 0.15) is 18.9 Å². The molecule has 0 aliphatic carbocycles. The third kappa shape index (κ3) is 2.28. The van der Waals surface area contributed by atoms with E-state index in [1.165, 1.54) is 0 Å². The van der Waals surface area contributed by atoms with Crippen molar-refractivity contribution in [3.05, 3.63) is 17.1 Å². The van der Waals surface area contributed by atoms with Crippen molar-refractivity contribution >= 4 is 32.9 Å². The Balaban J connectivity index is 2.05. The van der Waals surface area contributed by atoms with Gasteiger partial charge in [0.05, 0.1) is 39.3 Å². The lowest BCUT2D eigenvalue weighted by Crippen LogP contribution is -2.47. The number of rotatable bonds is 1. The van der Waals surface area contributed by atoms with E-state index in [2.05, 4.69) is 29.8 Å². The second-order valence-electron chi connectivity index (χ2n) is 5.26. The zero-order valence-electron chi connectivity index (χ0n) is 11.5. The Kier molecular flexibility index (Phi) is 3.11. The molecule has 1 aliphatic rings. The van der Waals surface area contributed by atoms with Gasteiger partial charge in [-0.25, -0.2) is 4.98 Å². The van der Waals surface area contributed by atoms with Crippen LogP contribution in [0, 0.1) is 6.92 Å². The molecule has 1 aromatic carbocycles. The number of nitrogens with two attached hydrogens (primary N) is 1. The van der Waals surface area contributed by atoms with Gasteiger partial charge in [0, 0.05) is 12.6 Å². The summed E-state index contributed by atoms with van der Waals surface area (Å²) >= 11 is 1.69. The molecule has 2 N–H and O–H groups in total. The standard InChI is InChI=1S/C14H19N3OS/c1-8-7-18-9(2)6-17(8)13-5-12-14(4-11(13)15)19-10(3)16-12/h4-5,8-9H,6-7,15H2,1-3H3. The highest BCUT2D eigenvalue weighted by Gasteiger charge is 2.25. The largest absolute Gasteiger partial charge is 0.397 e. The maximum absolute atomic E-state index is 6.23. The van der Waals surface area contributed by atoms with Crippen LogP contribution in [-0.2, 0) is 4.74 Å². The molecule has 2 aromatic rings. The Labute approximate surface area is 117 Å². The normalized spacial score (nSPS) is 24.1. The number of hydrogen-bond donors (Lipinski definition) is 1. The van der Waals surface area contributed by atoms with Crippen LogP contribution in [0.5, 0.6) is 0 Å². The van der Waals surface area contributed by atoms with Crippen molar-refractivity contribution in [2.24, 2.45) is 0 Å². The lowest BCUT2D eigenvalue weighted by Gasteiger charge is -2.39. The maximum Gasteiger partial charge on any atom is 0.0907 e. The molecule has 2 unspecified atom stereocenters. The molecule has 102 valence electrons. The van der Waals surface area contributed by atoms with Crippen molar-refractivity contribution in [2.75, 3.05) is 23.8 Å². The van der Waals surface area contributed by atoms with Gasteiger partial charge in [-0.15, -0.1) is 11.3 Å². The second kappa shape index (κ2) is 4.65. The molecule has 1 aliphatic heterocycles. The highest BCUT2D eigenvalue weighted by atomic mass is 32.1. The van der Waals surface area contributed by atoms with Crippen LogP contribution < -0.4 is 10.6 Å². The van der Waals surface area contributed by atoms with Crippen LogP contribution in [0.2, 0.25) is 0 Å². The van der Waals surface area contributed by atoms with Gasteiger partial charge in [-0.05, 0) is 32.9 Å². The van der Waals surface area contributed by atoms with Crippen LogP contribution in [0.25, 0.3) is 10.2 Å². The number of fused-ring (bicyclic) bond motifs is 1. The minimum atomic E-state index is 0.239. The van der Waals surface area contributed by atoms with Gasteiger partial charge in [0.1, 0.15) is 0 Å². The first-order valence-electron chi connectivity index (χ1n) is 6.59. The molecule has 0 saturated carbocycles. The summed E-state index contributed by atoms with van der Waals surface area (Å²) in [5.41, 5.74) is 9.19. The number of aromatic nitrogens is 1. The smallest absolute Gasteiger partial charge is 0.0907 e. The molecule has 4 nitrogen and oxygen atoms in total. The number of nitrogens with zero attached hydrogens (tertiary/aromatic N) is 2. The zero-order chi connectivity index (χ0) is 13.6. The Bertz CT molecular complexity index is 610. The molecule has 2 atom stereocenters. The number of hydrogen-bond acceptors (Lipinski definition) is 5. The quantitative estimate of drug-likeness (QED) is 0.814. The fraction of sp³-hybridized carbons (Fsp3) is 0.500. The number of anilines is 2. The fourth-order valence-electron chi connectivity index (χ4n) is 2.58. The van der Waals surface area contributed by atoms with Gasteiger partial charge in [-0.1, -0.05) is 0 Å². The predicted octanol–water partition coefficient (Wildman–Crippen LogP) is 2.80. The molecular weight excluding hydrogens is 258 g/mol. The third-order valence-electron chi connectivity index (χ3n) is 3.56. The summed E-state index contributed by atoms with van der Waals surface area (Å²) in [6.45, 7) is 7.91. The average Bonchev–Trinajstić information content (AvgIpc) is 2.70. The Morgan fingerprint density at radius 3 is 3.00 bits per heavy atom. The van der Waals surface area contributed by atoms with Crippen LogP contribution in [0.4, 0.5) is 11.4 Å². The van der Waals surface area contributed by atoms with Crippen molar-refractivity contribution in [2.45, 2.75) is 32.9 Å². The number of thiazole rings is 1. The molecule has 1 aromatic heterocycles. The van der Waals surface area contributed by atoms with E-state index < -0.39 is 0 Å². The number of ether oxygens (including phenoxy) is 1. The van der Waals surface area contributed by atoms with Gasteiger partial charge in [-0.2, -0.15) is 0 Å². The maximum atomic E-state index is 6.23. The molecular formula is C14H19N3OS. The minimum absolute atomic E-state index is 0.239. The minimum Gasteiger partial charge on any atom is -0.397 e. The zero-order valence-corrected chi connectivity index (χ0v) is 12.3. The monoisotopic (exact) mass is 277 g/mol. The second-order valence-corrected chi connectivity index (χ2v) is 6.49. The summed E-state index contributed by atoms with van der Waals surface area (Å²) in [6.07, 6.45) is 0.239. The van der Waals surface area contributed by atoms with Crippen molar-refractivity contribution in [1.82, 2.24) is 4.98 Å². The van der Waals surface area contributed by atoms with Gasteiger partial charge in [0.25, 0.3) is 0 Å².